The van der Waals surface area contributed by atoms with Crippen molar-refractivity contribution in [2.75, 3.05) is 5.43 Å². The highest BCUT2D eigenvalue weighted by molar-refractivity contribution is 9.10. The minimum Gasteiger partial charge on any atom is -0.298 e. The van der Waals surface area contributed by atoms with Gasteiger partial charge < -0.3 is 0 Å². The van der Waals surface area contributed by atoms with Crippen LogP contribution in [0.4, 0.5) is 5.95 Å². The number of anilines is 1. The summed E-state index contributed by atoms with van der Waals surface area (Å²) >= 11 is 3.47. The third-order valence-electron chi connectivity index (χ3n) is 4.89. The Hall–Kier alpha value is -3.72. The summed E-state index contributed by atoms with van der Waals surface area (Å²) in [4.78, 5) is 31.5. The Kier molecular flexibility index (Phi) is 6.18. The van der Waals surface area contributed by atoms with Crippen LogP contribution < -0.4 is 16.7 Å². The SMILES string of the molecule is CC(C=Cc1ccccc1)=NNc1nc2c(c(=O)[nH]c(=O)n2C)n1Cc1cccc(Br)c1. The molecule has 32 heavy (non-hydrogen) atoms. The fraction of sp³-hybridized carbons (Fsp3) is 0.130. The number of nitrogens with one attached hydrogen (secondary N) is 2. The number of fused-ring (bicyclic) bond motifs is 1. The van der Waals surface area contributed by atoms with Gasteiger partial charge in [0.15, 0.2) is 11.2 Å². The van der Waals surface area contributed by atoms with Crippen molar-refractivity contribution >= 4 is 44.8 Å². The van der Waals surface area contributed by atoms with Gasteiger partial charge >= 0.3 is 5.69 Å². The Morgan fingerprint density at radius 2 is 1.97 bits per heavy atom. The Balaban J connectivity index is 1.73. The zero-order valence-corrected chi connectivity index (χ0v) is 19.1. The topological polar surface area (TPSA) is 97.1 Å². The van der Waals surface area contributed by atoms with Gasteiger partial charge in [0.1, 0.15) is 0 Å². The minimum atomic E-state index is -0.522. The molecule has 4 aromatic rings. The minimum absolute atomic E-state index is 0.281. The van der Waals surface area contributed by atoms with Gasteiger partial charge in [-0.15, -0.1) is 0 Å². The summed E-state index contributed by atoms with van der Waals surface area (Å²) in [5.74, 6) is 0.360. The number of aryl methyl sites for hydroxylation is 1. The van der Waals surface area contributed by atoms with Crippen LogP contribution in [0.5, 0.6) is 0 Å². The smallest absolute Gasteiger partial charge is 0.298 e. The Morgan fingerprint density at radius 3 is 2.72 bits per heavy atom. The average Bonchev–Trinajstić information content (AvgIpc) is 3.14. The van der Waals surface area contributed by atoms with E-state index in [0.29, 0.717) is 18.0 Å². The lowest BCUT2D eigenvalue weighted by Crippen LogP contribution is -2.29. The van der Waals surface area contributed by atoms with Crippen molar-refractivity contribution in [3.8, 4) is 0 Å². The number of hydrogen-bond acceptors (Lipinski definition) is 5. The molecule has 2 heterocycles. The van der Waals surface area contributed by atoms with Gasteiger partial charge in [-0.1, -0.05) is 64.5 Å². The largest absolute Gasteiger partial charge is 0.329 e. The molecule has 0 radical (unpaired) electrons. The third kappa shape index (κ3) is 4.62. The fourth-order valence-corrected chi connectivity index (χ4v) is 3.69. The van der Waals surface area contributed by atoms with Crippen LogP contribution in [0, 0.1) is 0 Å². The average molecular weight is 493 g/mol. The number of rotatable bonds is 6. The van der Waals surface area contributed by atoms with Gasteiger partial charge in [-0.25, -0.2) is 10.2 Å². The number of hydrogen-bond donors (Lipinski definition) is 2. The molecule has 2 aromatic heterocycles. The molecule has 2 aromatic carbocycles. The number of benzene rings is 2. The zero-order valence-electron chi connectivity index (χ0n) is 17.5. The molecule has 0 fully saturated rings. The standard InChI is InChI=1S/C23H21BrN6O2/c1-15(11-12-16-7-4-3-5-8-16)27-28-22-25-20-19(21(31)26-23(32)29(20)2)30(22)14-17-9-6-10-18(24)13-17/h3-13H,14H2,1-2H3,(H,25,28)(H,26,31,32). The van der Waals surface area contributed by atoms with Crippen LogP contribution in [-0.4, -0.2) is 24.8 Å². The first-order chi connectivity index (χ1) is 15.4. The second kappa shape index (κ2) is 9.19. The molecule has 0 saturated carbocycles. The van der Waals surface area contributed by atoms with E-state index in [2.05, 4.69) is 36.4 Å². The number of aromatic nitrogens is 4. The number of nitrogens with zero attached hydrogens (tertiary/aromatic N) is 4. The second-order valence-electron chi connectivity index (χ2n) is 7.25. The first-order valence-electron chi connectivity index (χ1n) is 9.90. The fourth-order valence-electron chi connectivity index (χ4n) is 3.25. The highest BCUT2D eigenvalue weighted by Gasteiger charge is 2.17. The number of H-pyrrole nitrogens is 1. The highest BCUT2D eigenvalue weighted by atomic mass is 79.9. The number of imidazole rings is 1. The summed E-state index contributed by atoms with van der Waals surface area (Å²) in [5.41, 5.74) is 5.25. The zero-order chi connectivity index (χ0) is 22.7. The molecule has 162 valence electrons. The predicted octanol–water partition coefficient (Wildman–Crippen LogP) is 3.74. The van der Waals surface area contributed by atoms with Crippen molar-refractivity contribution in [3.05, 3.63) is 97.1 Å². The molecule has 0 atom stereocenters. The van der Waals surface area contributed by atoms with Crippen LogP contribution >= 0.6 is 15.9 Å². The molecule has 0 unspecified atom stereocenters. The lowest BCUT2D eigenvalue weighted by molar-refractivity contribution is 0.808. The van der Waals surface area contributed by atoms with E-state index in [1.807, 2.05) is 73.7 Å². The molecule has 0 aliphatic carbocycles. The van der Waals surface area contributed by atoms with Crippen molar-refractivity contribution in [2.45, 2.75) is 13.5 Å². The lowest BCUT2D eigenvalue weighted by atomic mass is 10.2. The first kappa shape index (κ1) is 21.5. The van der Waals surface area contributed by atoms with E-state index >= 15 is 0 Å². The van der Waals surface area contributed by atoms with Crippen molar-refractivity contribution in [1.82, 2.24) is 19.1 Å². The van der Waals surface area contributed by atoms with Crippen molar-refractivity contribution in [1.29, 1.82) is 0 Å². The molecule has 4 rings (SSSR count). The summed E-state index contributed by atoms with van der Waals surface area (Å²) in [7, 11) is 1.57. The van der Waals surface area contributed by atoms with Gasteiger partial charge in [-0.3, -0.25) is 18.9 Å². The summed E-state index contributed by atoms with van der Waals surface area (Å²) < 4.78 is 3.95. The van der Waals surface area contributed by atoms with Gasteiger partial charge in [0.05, 0.1) is 12.3 Å². The molecular formula is C23H21BrN6O2. The molecule has 2 N–H and O–H groups in total. The van der Waals surface area contributed by atoms with Crippen molar-refractivity contribution in [2.24, 2.45) is 12.1 Å². The number of hydrazone groups is 1. The Bertz CT molecular complexity index is 1450. The van der Waals surface area contributed by atoms with Crippen LogP contribution in [0.2, 0.25) is 0 Å². The van der Waals surface area contributed by atoms with Gasteiger partial charge in [0, 0.05) is 11.5 Å². The van der Waals surface area contributed by atoms with Gasteiger partial charge in [-0.05, 0) is 36.3 Å². The van der Waals surface area contributed by atoms with Crippen LogP contribution in [-0.2, 0) is 13.6 Å². The molecule has 0 bridgehead atoms. The van der Waals surface area contributed by atoms with E-state index in [1.165, 1.54) is 4.57 Å². The molecule has 0 amide bonds. The number of halogens is 1. The summed E-state index contributed by atoms with van der Waals surface area (Å²) in [6, 6.07) is 17.7. The van der Waals surface area contributed by atoms with Gasteiger partial charge in [-0.2, -0.15) is 10.1 Å². The molecule has 8 nitrogen and oxygen atoms in total. The summed E-state index contributed by atoms with van der Waals surface area (Å²) in [6.45, 7) is 2.23. The Labute approximate surface area is 192 Å². The molecule has 0 saturated heterocycles. The Morgan fingerprint density at radius 1 is 1.19 bits per heavy atom. The van der Waals surface area contributed by atoms with Crippen LogP contribution in [0.3, 0.4) is 0 Å². The van der Waals surface area contributed by atoms with Crippen LogP contribution in [0.25, 0.3) is 17.2 Å². The number of aromatic amines is 1. The molecular weight excluding hydrogens is 472 g/mol. The second-order valence-corrected chi connectivity index (χ2v) is 8.17. The molecule has 0 aliphatic rings. The maximum Gasteiger partial charge on any atom is 0.329 e. The predicted molar refractivity (Wildman–Crippen MR) is 131 cm³/mol. The number of allylic oxidation sites excluding steroid dienone is 1. The maximum atomic E-state index is 12.6. The van der Waals surface area contributed by atoms with E-state index in [0.717, 1.165) is 21.3 Å². The van der Waals surface area contributed by atoms with E-state index < -0.39 is 11.2 Å². The van der Waals surface area contributed by atoms with Crippen LogP contribution in [0.15, 0.2) is 79.8 Å². The van der Waals surface area contributed by atoms with Gasteiger partial charge in [0.25, 0.3) is 5.56 Å². The van der Waals surface area contributed by atoms with Crippen molar-refractivity contribution < 1.29 is 0 Å². The molecule has 0 aliphatic heterocycles. The van der Waals surface area contributed by atoms with Crippen molar-refractivity contribution in [3.63, 3.8) is 0 Å². The highest BCUT2D eigenvalue weighted by Crippen LogP contribution is 2.19. The quantitative estimate of drug-likeness (QED) is 0.316. The van der Waals surface area contributed by atoms with E-state index in [1.54, 1.807) is 11.6 Å². The van der Waals surface area contributed by atoms with Gasteiger partial charge in [0.2, 0.25) is 5.95 Å². The monoisotopic (exact) mass is 492 g/mol. The summed E-state index contributed by atoms with van der Waals surface area (Å²) in [5, 5.41) is 4.39. The molecule has 9 heteroatoms. The first-order valence-corrected chi connectivity index (χ1v) is 10.7. The lowest BCUT2D eigenvalue weighted by Gasteiger charge is -2.09. The molecule has 0 spiro atoms. The van der Waals surface area contributed by atoms with Crippen LogP contribution in [0.1, 0.15) is 18.1 Å². The normalized spacial score (nSPS) is 12.0. The van der Waals surface area contributed by atoms with E-state index in [-0.39, 0.29) is 5.65 Å². The van der Waals surface area contributed by atoms with E-state index in [4.69, 9.17) is 0 Å². The maximum absolute atomic E-state index is 12.6. The van der Waals surface area contributed by atoms with E-state index in [9.17, 15) is 9.59 Å². The summed E-state index contributed by atoms with van der Waals surface area (Å²) in [6.07, 6.45) is 3.84. The third-order valence-corrected chi connectivity index (χ3v) is 5.38.